The number of benzene rings is 5. The van der Waals surface area contributed by atoms with Gasteiger partial charge in [-0.1, -0.05) is 92.7 Å². The van der Waals surface area contributed by atoms with Crippen molar-refractivity contribution in [3.05, 3.63) is 120 Å². The van der Waals surface area contributed by atoms with Crippen molar-refractivity contribution in [2.45, 2.75) is 19.3 Å². The summed E-state index contributed by atoms with van der Waals surface area (Å²) in [6, 6.07) is 40.1. The molecule has 0 radical (unpaired) electrons. The van der Waals surface area contributed by atoms with Crippen LogP contribution >= 0.6 is 0 Å². The zero-order valence-electron chi connectivity index (χ0n) is 19.8. The van der Waals surface area contributed by atoms with Gasteiger partial charge in [-0.2, -0.15) is 0 Å². The van der Waals surface area contributed by atoms with Crippen LogP contribution in [0.3, 0.4) is 0 Å². The van der Waals surface area contributed by atoms with Gasteiger partial charge in [0.05, 0.1) is 33.8 Å². The van der Waals surface area contributed by atoms with Gasteiger partial charge < -0.3 is 9.47 Å². The maximum atomic E-state index is 2.50. The lowest BCUT2D eigenvalue weighted by atomic mass is 9.73. The van der Waals surface area contributed by atoms with Gasteiger partial charge in [0.15, 0.2) is 0 Å². The summed E-state index contributed by atoms with van der Waals surface area (Å²) in [5.74, 6) is 0. The standard InChI is InChI=1S/C33H24N2/c1-33(2)25-13-6-7-15-28(25)35-29-16-8-12-23-24-20-22(21-10-4-3-5-11-21)18-19-27(24)34(31(23)29)30-17-9-14-26(33)32(30)35/h3-20H,1-2H3. The molecule has 5 aromatic carbocycles. The molecule has 2 aliphatic heterocycles. The molecule has 2 nitrogen and oxygen atoms in total. The molecule has 0 spiro atoms. The van der Waals surface area contributed by atoms with Crippen molar-refractivity contribution in [3.63, 3.8) is 0 Å². The summed E-state index contributed by atoms with van der Waals surface area (Å²) in [4.78, 5) is 2.50. The van der Waals surface area contributed by atoms with Crippen molar-refractivity contribution < 1.29 is 0 Å². The second kappa shape index (κ2) is 6.43. The van der Waals surface area contributed by atoms with Gasteiger partial charge in [-0.15, -0.1) is 0 Å². The van der Waals surface area contributed by atoms with E-state index in [-0.39, 0.29) is 5.41 Å². The van der Waals surface area contributed by atoms with E-state index in [1.165, 1.54) is 66.8 Å². The SMILES string of the molecule is CC1(C)c2ccccc2N2c3c(cccc31)-n1c3ccc(-c4ccccc4)cc3c3cccc2c31. The van der Waals surface area contributed by atoms with Gasteiger partial charge in [0.2, 0.25) is 0 Å². The second-order valence-corrected chi connectivity index (χ2v) is 10.3. The minimum absolute atomic E-state index is 0.0761. The lowest BCUT2D eigenvalue weighted by molar-refractivity contribution is 0.630. The van der Waals surface area contributed by atoms with Gasteiger partial charge in [0, 0.05) is 16.2 Å². The number of rotatable bonds is 1. The van der Waals surface area contributed by atoms with Crippen LogP contribution in [-0.2, 0) is 5.41 Å². The summed E-state index contributed by atoms with van der Waals surface area (Å²) in [5.41, 5.74) is 12.8. The highest BCUT2D eigenvalue weighted by molar-refractivity contribution is 6.18. The Morgan fingerprint density at radius 1 is 0.543 bits per heavy atom. The molecule has 3 heterocycles. The van der Waals surface area contributed by atoms with Crippen molar-refractivity contribution in [2.75, 3.05) is 4.90 Å². The first-order valence-electron chi connectivity index (χ1n) is 12.3. The predicted octanol–water partition coefficient (Wildman–Crippen LogP) is 8.87. The molecule has 6 aromatic rings. The zero-order chi connectivity index (χ0) is 23.3. The highest BCUT2D eigenvalue weighted by Gasteiger charge is 2.41. The normalized spacial score (nSPS) is 14.7. The molecule has 8 rings (SSSR count). The molecule has 2 aliphatic rings. The monoisotopic (exact) mass is 448 g/mol. The molecular weight excluding hydrogens is 424 g/mol. The first-order chi connectivity index (χ1) is 17.1. The van der Waals surface area contributed by atoms with Crippen LogP contribution in [0.5, 0.6) is 0 Å². The Labute approximate surface area is 204 Å². The number of fused-ring (bicyclic) bond motifs is 7. The van der Waals surface area contributed by atoms with E-state index >= 15 is 0 Å². The van der Waals surface area contributed by atoms with Crippen LogP contribution in [0.1, 0.15) is 25.0 Å². The Kier molecular flexibility index (Phi) is 3.50. The van der Waals surface area contributed by atoms with E-state index in [9.17, 15) is 0 Å². The first-order valence-corrected chi connectivity index (χ1v) is 12.3. The molecule has 0 saturated carbocycles. The summed E-state index contributed by atoms with van der Waals surface area (Å²) in [7, 11) is 0. The largest absolute Gasteiger partial charge is 0.306 e. The van der Waals surface area contributed by atoms with Crippen LogP contribution in [-0.4, -0.2) is 4.57 Å². The predicted molar refractivity (Wildman–Crippen MR) is 147 cm³/mol. The number of hydrogen-bond donors (Lipinski definition) is 0. The molecule has 35 heavy (non-hydrogen) atoms. The lowest BCUT2D eigenvalue weighted by Crippen LogP contribution is -2.33. The third-order valence-electron chi connectivity index (χ3n) is 8.08. The summed E-state index contributed by atoms with van der Waals surface area (Å²) in [6.45, 7) is 4.71. The highest BCUT2D eigenvalue weighted by atomic mass is 15.2. The molecule has 2 heteroatoms. The molecule has 0 N–H and O–H groups in total. The fourth-order valence-corrected chi connectivity index (χ4v) is 6.46. The van der Waals surface area contributed by atoms with Crippen LogP contribution in [0.15, 0.2) is 109 Å². The number of aromatic nitrogens is 1. The van der Waals surface area contributed by atoms with E-state index in [1.54, 1.807) is 0 Å². The van der Waals surface area contributed by atoms with E-state index in [0.717, 1.165) is 0 Å². The third-order valence-corrected chi connectivity index (χ3v) is 8.08. The zero-order valence-corrected chi connectivity index (χ0v) is 19.8. The average Bonchev–Trinajstić information content (AvgIpc) is 3.24. The Bertz CT molecular complexity index is 1820. The molecule has 0 saturated heterocycles. The number of nitrogens with zero attached hydrogens (tertiary/aromatic N) is 2. The number of hydrogen-bond acceptors (Lipinski definition) is 1. The number of para-hydroxylation sites is 3. The molecule has 0 aliphatic carbocycles. The van der Waals surface area contributed by atoms with Crippen molar-refractivity contribution in [1.29, 1.82) is 0 Å². The molecule has 0 unspecified atom stereocenters. The van der Waals surface area contributed by atoms with Gasteiger partial charge in [-0.3, -0.25) is 0 Å². The van der Waals surface area contributed by atoms with Crippen molar-refractivity contribution in [2.24, 2.45) is 0 Å². The summed E-state index contributed by atoms with van der Waals surface area (Å²) < 4.78 is 2.49. The molecular formula is C33H24N2. The second-order valence-electron chi connectivity index (χ2n) is 10.3. The van der Waals surface area contributed by atoms with Gasteiger partial charge in [0.1, 0.15) is 0 Å². The lowest BCUT2D eigenvalue weighted by Gasteiger charge is -2.45. The molecule has 0 fully saturated rings. The Morgan fingerprint density at radius 3 is 2.14 bits per heavy atom. The summed E-state index contributed by atoms with van der Waals surface area (Å²) in [6.07, 6.45) is 0. The summed E-state index contributed by atoms with van der Waals surface area (Å²) >= 11 is 0. The van der Waals surface area contributed by atoms with Gasteiger partial charge in [0.25, 0.3) is 0 Å². The van der Waals surface area contributed by atoms with E-state index in [0.29, 0.717) is 0 Å². The van der Waals surface area contributed by atoms with Crippen molar-refractivity contribution in [3.8, 4) is 16.8 Å². The van der Waals surface area contributed by atoms with Gasteiger partial charge in [-0.25, -0.2) is 0 Å². The molecule has 166 valence electrons. The van der Waals surface area contributed by atoms with Gasteiger partial charge in [-0.05, 0) is 52.6 Å². The Hall–Kier alpha value is -4.30. The van der Waals surface area contributed by atoms with E-state index in [4.69, 9.17) is 0 Å². The third kappa shape index (κ3) is 2.29. The maximum Gasteiger partial charge on any atom is 0.0783 e. The van der Waals surface area contributed by atoms with Crippen LogP contribution in [0, 0.1) is 0 Å². The van der Waals surface area contributed by atoms with Crippen LogP contribution in [0.4, 0.5) is 17.1 Å². The Morgan fingerprint density at radius 2 is 1.26 bits per heavy atom. The van der Waals surface area contributed by atoms with E-state index < -0.39 is 0 Å². The molecule has 0 amide bonds. The quantitative estimate of drug-likeness (QED) is 0.243. The fraction of sp³-hybridized carbons (Fsp3) is 0.0909. The maximum absolute atomic E-state index is 2.50. The van der Waals surface area contributed by atoms with Crippen LogP contribution < -0.4 is 4.90 Å². The molecule has 0 atom stereocenters. The smallest absolute Gasteiger partial charge is 0.0783 e. The average molecular weight is 449 g/mol. The minimum Gasteiger partial charge on any atom is -0.306 e. The van der Waals surface area contributed by atoms with E-state index in [1.807, 2.05) is 0 Å². The van der Waals surface area contributed by atoms with Crippen molar-refractivity contribution >= 4 is 38.9 Å². The van der Waals surface area contributed by atoms with E-state index in [2.05, 4.69) is 133 Å². The van der Waals surface area contributed by atoms with Crippen molar-refractivity contribution in [1.82, 2.24) is 4.57 Å². The summed E-state index contributed by atoms with van der Waals surface area (Å²) in [5, 5.41) is 2.60. The molecule has 1 aromatic heterocycles. The fourth-order valence-electron chi connectivity index (χ4n) is 6.46. The highest BCUT2D eigenvalue weighted by Crippen LogP contribution is 2.58. The topological polar surface area (TPSA) is 8.17 Å². The molecule has 0 bridgehead atoms. The number of anilines is 3. The minimum atomic E-state index is -0.0761. The van der Waals surface area contributed by atoms with Crippen LogP contribution in [0.2, 0.25) is 0 Å². The first kappa shape index (κ1) is 19.1. The Balaban J connectivity index is 1.53. The van der Waals surface area contributed by atoms with Crippen LogP contribution in [0.25, 0.3) is 38.6 Å². The van der Waals surface area contributed by atoms with Gasteiger partial charge >= 0.3 is 0 Å².